The van der Waals surface area contributed by atoms with Crippen LogP contribution in [0.3, 0.4) is 0 Å². The van der Waals surface area contributed by atoms with Gasteiger partial charge >= 0.3 is 0 Å². The average molecular weight is 460 g/mol. The molecule has 3 aromatic rings. The fourth-order valence-electron chi connectivity index (χ4n) is 3.81. The van der Waals surface area contributed by atoms with Gasteiger partial charge in [-0.2, -0.15) is 4.31 Å². The van der Waals surface area contributed by atoms with E-state index in [2.05, 4.69) is 4.98 Å². The molecule has 1 aliphatic heterocycles. The van der Waals surface area contributed by atoms with E-state index in [1.807, 2.05) is 38.3 Å². The summed E-state index contributed by atoms with van der Waals surface area (Å²) in [5.74, 6) is 1.47. The molecule has 4 rings (SSSR count). The number of carbonyl (C=O) groups is 1. The van der Waals surface area contributed by atoms with Crippen LogP contribution in [0.15, 0.2) is 45.0 Å². The number of aryl methyl sites for hydroxylation is 1. The third kappa shape index (κ3) is 4.17. The summed E-state index contributed by atoms with van der Waals surface area (Å²) in [5.41, 5.74) is 2.36. The van der Waals surface area contributed by atoms with Gasteiger partial charge in [-0.25, -0.2) is 13.4 Å². The average Bonchev–Trinajstić information content (AvgIpc) is 3.47. The number of anilines is 1. The molecule has 1 amide bonds. The Morgan fingerprint density at radius 3 is 2.68 bits per heavy atom. The highest BCUT2D eigenvalue weighted by Crippen LogP contribution is 2.32. The van der Waals surface area contributed by atoms with Crippen molar-refractivity contribution in [1.82, 2.24) is 9.29 Å². The molecule has 1 aromatic carbocycles. The van der Waals surface area contributed by atoms with Crippen molar-refractivity contribution in [2.24, 2.45) is 0 Å². The summed E-state index contributed by atoms with van der Waals surface area (Å²) in [7, 11) is -3.52. The van der Waals surface area contributed by atoms with Gasteiger partial charge in [0.1, 0.15) is 5.76 Å². The maximum atomic E-state index is 13.0. The quantitative estimate of drug-likeness (QED) is 0.535. The van der Waals surface area contributed by atoms with Gasteiger partial charge in [-0.1, -0.05) is 13.8 Å². The van der Waals surface area contributed by atoms with Gasteiger partial charge in [0.25, 0.3) is 0 Å². The SMILES string of the molecule is CCN(CC)S(=O)(=O)c1ccc2c(c1)CCN2C(=O)Cc1csc(-c2ccc(C)o2)n1. The topological polar surface area (TPSA) is 83.7 Å². The Balaban J connectivity index is 1.51. The van der Waals surface area contributed by atoms with Crippen LogP contribution in [-0.2, 0) is 27.7 Å². The van der Waals surface area contributed by atoms with Gasteiger partial charge in [0.05, 0.1) is 17.0 Å². The van der Waals surface area contributed by atoms with Gasteiger partial charge in [-0.15, -0.1) is 11.3 Å². The Labute approximate surface area is 186 Å². The van der Waals surface area contributed by atoms with Crippen molar-refractivity contribution >= 4 is 33.0 Å². The predicted octanol–water partition coefficient (Wildman–Crippen LogP) is 3.87. The molecular weight excluding hydrogens is 434 g/mol. The molecule has 164 valence electrons. The molecule has 0 fully saturated rings. The lowest BCUT2D eigenvalue weighted by Crippen LogP contribution is -2.31. The van der Waals surface area contributed by atoms with Crippen molar-refractivity contribution in [2.75, 3.05) is 24.5 Å². The molecule has 9 heteroatoms. The van der Waals surface area contributed by atoms with Crippen molar-refractivity contribution in [3.05, 3.63) is 52.7 Å². The lowest BCUT2D eigenvalue weighted by Gasteiger charge is -2.20. The Kier molecular flexibility index (Phi) is 6.00. The summed E-state index contributed by atoms with van der Waals surface area (Å²) >= 11 is 1.45. The van der Waals surface area contributed by atoms with E-state index in [-0.39, 0.29) is 17.2 Å². The predicted molar refractivity (Wildman–Crippen MR) is 121 cm³/mol. The molecule has 0 aliphatic carbocycles. The molecule has 0 unspecified atom stereocenters. The number of hydrogen-bond donors (Lipinski definition) is 0. The fourth-order valence-corrected chi connectivity index (χ4v) is 6.10. The van der Waals surface area contributed by atoms with Crippen molar-refractivity contribution in [1.29, 1.82) is 0 Å². The second kappa shape index (κ2) is 8.57. The number of aromatic nitrogens is 1. The number of carbonyl (C=O) groups excluding carboxylic acids is 1. The van der Waals surface area contributed by atoms with E-state index < -0.39 is 10.0 Å². The molecule has 3 heterocycles. The summed E-state index contributed by atoms with van der Waals surface area (Å²) in [6, 6.07) is 8.81. The summed E-state index contributed by atoms with van der Waals surface area (Å²) in [6.07, 6.45) is 0.825. The van der Waals surface area contributed by atoms with Crippen LogP contribution >= 0.6 is 11.3 Å². The minimum Gasteiger partial charge on any atom is -0.459 e. The van der Waals surface area contributed by atoms with E-state index in [4.69, 9.17) is 4.42 Å². The number of nitrogens with zero attached hydrogens (tertiary/aromatic N) is 3. The number of hydrogen-bond acceptors (Lipinski definition) is 6. The molecule has 0 bridgehead atoms. The molecule has 0 saturated heterocycles. The highest BCUT2D eigenvalue weighted by atomic mass is 32.2. The largest absolute Gasteiger partial charge is 0.459 e. The molecule has 0 atom stereocenters. The van der Waals surface area contributed by atoms with Crippen LogP contribution in [0.4, 0.5) is 5.69 Å². The summed E-state index contributed by atoms with van der Waals surface area (Å²) in [5, 5.41) is 2.63. The number of rotatable bonds is 7. The summed E-state index contributed by atoms with van der Waals surface area (Å²) in [4.78, 5) is 19.5. The molecule has 31 heavy (non-hydrogen) atoms. The minimum absolute atomic E-state index is 0.0504. The van der Waals surface area contributed by atoms with Gasteiger partial charge in [0.2, 0.25) is 15.9 Å². The van der Waals surface area contributed by atoms with E-state index in [1.54, 1.807) is 23.1 Å². The van der Waals surface area contributed by atoms with E-state index >= 15 is 0 Å². The van der Waals surface area contributed by atoms with Gasteiger partial charge in [0.15, 0.2) is 10.8 Å². The smallest absolute Gasteiger partial charge is 0.243 e. The standard InChI is InChI=1S/C22H25N3O4S2/c1-4-24(5-2)31(27,28)18-7-8-19-16(12-18)10-11-25(19)21(26)13-17-14-30-22(23-17)20-9-6-15(3)29-20/h6-9,12,14H,4-5,10-11,13H2,1-3H3. The molecule has 0 saturated carbocycles. The highest BCUT2D eigenvalue weighted by molar-refractivity contribution is 7.89. The van der Waals surface area contributed by atoms with Gasteiger partial charge in [-0.05, 0) is 49.2 Å². The Morgan fingerprint density at radius 2 is 2.00 bits per heavy atom. The van der Waals surface area contributed by atoms with E-state index in [0.29, 0.717) is 37.5 Å². The van der Waals surface area contributed by atoms with Crippen LogP contribution in [0.5, 0.6) is 0 Å². The first-order chi connectivity index (χ1) is 14.8. The highest BCUT2D eigenvalue weighted by Gasteiger charge is 2.28. The molecule has 1 aliphatic rings. The lowest BCUT2D eigenvalue weighted by atomic mass is 10.2. The minimum atomic E-state index is -3.52. The maximum absolute atomic E-state index is 13.0. The maximum Gasteiger partial charge on any atom is 0.243 e. The second-order valence-corrected chi connectivity index (χ2v) is 10.2. The first-order valence-corrected chi connectivity index (χ1v) is 12.6. The zero-order chi connectivity index (χ0) is 22.2. The van der Waals surface area contributed by atoms with Crippen LogP contribution in [0.2, 0.25) is 0 Å². The second-order valence-electron chi connectivity index (χ2n) is 7.41. The third-order valence-electron chi connectivity index (χ3n) is 5.43. The van der Waals surface area contributed by atoms with Crippen molar-refractivity contribution in [3.63, 3.8) is 0 Å². The summed E-state index contributed by atoms with van der Waals surface area (Å²) in [6.45, 7) is 6.92. The number of benzene rings is 1. The third-order valence-corrected chi connectivity index (χ3v) is 8.38. The Bertz CT molecular complexity index is 1210. The summed E-state index contributed by atoms with van der Waals surface area (Å²) < 4.78 is 32.6. The van der Waals surface area contributed by atoms with Crippen LogP contribution in [0.1, 0.15) is 30.9 Å². The first kappa shape index (κ1) is 21.7. The Hall–Kier alpha value is -2.49. The van der Waals surface area contributed by atoms with Crippen LogP contribution in [0, 0.1) is 6.92 Å². The number of furan rings is 1. The van der Waals surface area contributed by atoms with Crippen LogP contribution in [0.25, 0.3) is 10.8 Å². The monoisotopic (exact) mass is 459 g/mol. The Morgan fingerprint density at radius 1 is 1.23 bits per heavy atom. The normalized spacial score (nSPS) is 13.7. The number of thiazole rings is 1. The van der Waals surface area contributed by atoms with E-state index in [0.717, 1.165) is 22.0 Å². The van der Waals surface area contributed by atoms with Crippen molar-refractivity contribution < 1.29 is 17.6 Å². The van der Waals surface area contributed by atoms with Crippen LogP contribution < -0.4 is 4.90 Å². The van der Waals surface area contributed by atoms with Crippen molar-refractivity contribution in [3.8, 4) is 10.8 Å². The van der Waals surface area contributed by atoms with Crippen molar-refractivity contribution in [2.45, 2.75) is 38.5 Å². The first-order valence-electron chi connectivity index (χ1n) is 10.3. The van der Waals surface area contributed by atoms with Gasteiger partial charge in [0, 0.05) is 30.7 Å². The number of fused-ring (bicyclic) bond motifs is 1. The molecule has 0 spiro atoms. The molecule has 7 nitrogen and oxygen atoms in total. The van der Waals surface area contributed by atoms with Gasteiger partial charge in [-0.3, -0.25) is 4.79 Å². The van der Waals surface area contributed by atoms with Crippen LogP contribution in [-0.4, -0.2) is 43.2 Å². The van der Waals surface area contributed by atoms with Gasteiger partial charge < -0.3 is 9.32 Å². The number of amides is 1. The zero-order valence-corrected chi connectivity index (χ0v) is 19.4. The fraction of sp³-hybridized carbons (Fsp3) is 0.364. The molecule has 0 N–H and O–H groups in total. The zero-order valence-electron chi connectivity index (χ0n) is 17.8. The van der Waals surface area contributed by atoms with E-state index in [9.17, 15) is 13.2 Å². The number of sulfonamides is 1. The lowest BCUT2D eigenvalue weighted by molar-refractivity contribution is -0.117. The molecular formula is C22H25N3O4S2. The molecule has 0 radical (unpaired) electrons. The molecule has 2 aromatic heterocycles. The van der Waals surface area contributed by atoms with E-state index in [1.165, 1.54) is 15.6 Å².